The van der Waals surface area contributed by atoms with Crippen LogP contribution in [0.15, 0.2) is 40.3 Å². The largest absolute Gasteiger partial charge is 0.480 e. The molecule has 73 heavy (non-hydrogen) atoms. The summed E-state index contributed by atoms with van der Waals surface area (Å²) in [7, 11) is 0. The average molecular weight is 1030 g/mol. The molecule has 26 nitrogen and oxygen atoms in total. The molecule has 17 N–H and O–H groups in total. The summed E-state index contributed by atoms with van der Waals surface area (Å²) in [5.41, 5.74) is 28.2. The Morgan fingerprint density at radius 1 is 0.685 bits per heavy atom. The first-order valence-corrected chi connectivity index (χ1v) is 24.9. The third-order valence-corrected chi connectivity index (χ3v) is 13.3. The van der Waals surface area contributed by atoms with Gasteiger partial charge in [-0.3, -0.25) is 48.3 Å². The lowest BCUT2D eigenvalue weighted by atomic mass is 9.97. The van der Waals surface area contributed by atoms with Crippen molar-refractivity contribution in [2.24, 2.45) is 44.6 Å². The summed E-state index contributed by atoms with van der Waals surface area (Å²) >= 11 is 0. The fourth-order valence-electron chi connectivity index (χ4n) is 9.16. The van der Waals surface area contributed by atoms with E-state index in [1.54, 1.807) is 44.2 Å². The number of carbonyl (C=O) groups is 9. The van der Waals surface area contributed by atoms with Gasteiger partial charge in [-0.1, -0.05) is 50.6 Å². The Morgan fingerprint density at radius 3 is 1.81 bits per heavy atom. The Hall–Kier alpha value is -7.09. The molecule has 0 aromatic heterocycles. The van der Waals surface area contributed by atoms with Crippen molar-refractivity contribution in [2.75, 3.05) is 45.9 Å². The normalized spacial score (nSPS) is 19.8. The number of hydrogen-bond donors (Lipinski definition) is 12. The molecule has 0 radical (unpaired) electrons. The van der Waals surface area contributed by atoms with E-state index < -0.39 is 115 Å². The maximum absolute atomic E-state index is 14.0. The van der Waals surface area contributed by atoms with Crippen molar-refractivity contribution in [2.45, 2.75) is 139 Å². The molecular weight excluding hydrogens is 951 g/mol. The summed E-state index contributed by atoms with van der Waals surface area (Å²) in [6, 6.07) is -0.465. The van der Waals surface area contributed by atoms with Crippen molar-refractivity contribution in [1.82, 2.24) is 41.3 Å². The number of hydrogen-bond acceptors (Lipinski definition) is 13. The van der Waals surface area contributed by atoms with E-state index in [2.05, 4.69) is 36.6 Å². The second kappa shape index (κ2) is 28.8. The molecule has 9 atom stereocenters. The molecule has 0 aliphatic carbocycles. The summed E-state index contributed by atoms with van der Waals surface area (Å²) < 4.78 is 0. The van der Waals surface area contributed by atoms with Gasteiger partial charge in [0.05, 0.1) is 19.2 Å². The fraction of sp³-hybridized carbons (Fsp3) is 0.638. The fourth-order valence-corrected chi connectivity index (χ4v) is 9.16. The highest BCUT2D eigenvalue weighted by atomic mass is 16.4. The van der Waals surface area contributed by atoms with Gasteiger partial charge in [0.25, 0.3) is 0 Å². The van der Waals surface area contributed by atoms with Crippen LogP contribution in [0.25, 0.3) is 0 Å². The summed E-state index contributed by atoms with van der Waals surface area (Å²) in [6.45, 7) is 3.11. The minimum atomic E-state index is -1.57. The van der Waals surface area contributed by atoms with E-state index in [-0.39, 0.29) is 63.1 Å². The first-order valence-electron chi connectivity index (χ1n) is 24.9. The van der Waals surface area contributed by atoms with Gasteiger partial charge in [-0.2, -0.15) is 0 Å². The number of carboxylic acids is 1. The lowest BCUT2D eigenvalue weighted by molar-refractivity contribution is -0.147. The minimum absolute atomic E-state index is 0.00207. The van der Waals surface area contributed by atoms with Gasteiger partial charge in [0.1, 0.15) is 42.3 Å². The van der Waals surface area contributed by atoms with E-state index in [0.717, 1.165) is 0 Å². The van der Waals surface area contributed by atoms with E-state index >= 15 is 0 Å². The number of carbonyl (C=O) groups excluding carboxylic acids is 8. The Kier molecular flexibility index (Phi) is 23.1. The molecule has 4 rings (SSSR count). The van der Waals surface area contributed by atoms with Crippen LogP contribution in [-0.2, 0) is 49.6 Å². The second-order valence-electron chi connectivity index (χ2n) is 18.6. The number of nitrogens with zero attached hydrogens (tertiary/aromatic N) is 5. The summed E-state index contributed by atoms with van der Waals surface area (Å²) in [5.74, 6) is -7.25. The number of guanidine groups is 2. The molecule has 3 heterocycles. The molecule has 1 aromatic carbocycles. The predicted molar refractivity (Wildman–Crippen MR) is 267 cm³/mol. The molecule has 0 saturated carbocycles. The number of nitrogens with one attached hydrogen (secondary N) is 5. The molecule has 0 unspecified atom stereocenters. The van der Waals surface area contributed by atoms with Gasteiger partial charge in [-0.15, -0.1) is 0 Å². The smallest absolute Gasteiger partial charge is 0.326 e. The first kappa shape index (κ1) is 58.5. The van der Waals surface area contributed by atoms with Crippen LogP contribution in [0, 0.1) is 5.92 Å². The van der Waals surface area contributed by atoms with Gasteiger partial charge in [-0.25, -0.2) is 4.79 Å². The van der Waals surface area contributed by atoms with Crippen molar-refractivity contribution in [3.63, 3.8) is 0 Å². The maximum atomic E-state index is 14.0. The van der Waals surface area contributed by atoms with Gasteiger partial charge in [0.2, 0.25) is 47.3 Å². The van der Waals surface area contributed by atoms with Gasteiger partial charge < -0.3 is 80.2 Å². The first-order chi connectivity index (χ1) is 34.8. The molecule has 3 fully saturated rings. The molecule has 26 heteroatoms. The Morgan fingerprint density at radius 2 is 1.23 bits per heavy atom. The molecular formula is C47H75N15O11. The topological polar surface area (TPSA) is 419 Å². The zero-order valence-corrected chi connectivity index (χ0v) is 41.7. The number of likely N-dealkylation sites (tertiary alicyclic amines) is 3. The van der Waals surface area contributed by atoms with Gasteiger partial charge >= 0.3 is 5.97 Å². The second-order valence-corrected chi connectivity index (χ2v) is 18.6. The molecule has 0 spiro atoms. The number of aliphatic hydroxyl groups excluding tert-OH is 1. The highest BCUT2D eigenvalue weighted by molar-refractivity contribution is 5.98. The number of rotatable bonds is 27. The highest BCUT2D eigenvalue weighted by Gasteiger charge is 2.44. The van der Waals surface area contributed by atoms with E-state index in [1.165, 1.54) is 14.7 Å². The third kappa shape index (κ3) is 17.3. The number of benzene rings is 1. The van der Waals surface area contributed by atoms with Crippen LogP contribution in [0.4, 0.5) is 0 Å². The van der Waals surface area contributed by atoms with Gasteiger partial charge in [0.15, 0.2) is 11.9 Å². The Balaban J connectivity index is 1.38. The van der Waals surface area contributed by atoms with Crippen LogP contribution >= 0.6 is 0 Å². The number of carboxylic acid groups (broad SMARTS) is 1. The number of nitrogens with two attached hydrogens (primary N) is 5. The lowest BCUT2D eigenvalue weighted by Crippen LogP contribution is -2.60. The maximum Gasteiger partial charge on any atom is 0.326 e. The van der Waals surface area contributed by atoms with Crippen LogP contribution < -0.4 is 55.3 Å². The molecule has 3 saturated heterocycles. The predicted octanol–water partition coefficient (Wildman–Crippen LogP) is -4.19. The zero-order chi connectivity index (χ0) is 53.8. The van der Waals surface area contributed by atoms with Crippen molar-refractivity contribution < 1.29 is 53.4 Å². The van der Waals surface area contributed by atoms with E-state index in [4.69, 9.17) is 28.7 Å². The van der Waals surface area contributed by atoms with Crippen LogP contribution in [0.3, 0.4) is 0 Å². The highest BCUT2D eigenvalue weighted by Crippen LogP contribution is 2.26. The summed E-state index contributed by atoms with van der Waals surface area (Å²) in [5, 5.41) is 33.1. The molecule has 404 valence electrons. The SMILES string of the molecule is CC[C@H](C)[C@H](NC(=O)[C@@H]1CCCN1C(=O)[C@H](CO)NC(=O)[C@H](Cc1ccccc1)NC(=O)CNC(=O)[C@@H]1CCCN1C(=O)[C@@H]1CCCN1C(=O)[C@@H](N)CCCN=C(N)N)C(=O)N[C@@H](CCCN=C(N)N)C(=O)O. The third-order valence-electron chi connectivity index (χ3n) is 13.3. The van der Waals surface area contributed by atoms with Crippen molar-refractivity contribution in [3.05, 3.63) is 35.9 Å². The molecule has 1 aromatic rings. The van der Waals surface area contributed by atoms with Crippen molar-refractivity contribution in [3.8, 4) is 0 Å². The molecule has 8 amide bonds. The monoisotopic (exact) mass is 1030 g/mol. The van der Waals surface area contributed by atoms with Gasteiger partial charge in [0, 0.05) is 39.1 Å². The van der Waals surface area contributed by atoms with Crippen LogP contribution in [0.1, 0.15) is 90.0 Å². The summed E-state index contributed by atoms with van der Waals surface area (Å²) in [6.07, 6.45) is 3.69. The van der Waals surface area contributed by atoms with Crippen molar-refractivity contribution in [1.29, 1.82) is 0 Å². The average Bonchev–Trinajstić information content (AvgIpc) is 4.18. The minimum Gasteiger partial charge on any atom is -0.480 e. The Bertz CT molecular complexity index is 2160. The van der Waals surface area contributed by atoms with E-state index in [1.807, 2.05) is 0 Å². The van der Waals surface area contributed by atoms with Crippen LogP contribution in [-0.4, -0.2) is 184 Å². The summed E-state index contributed by atoms with van der Waals surface area (Å²) in [4.78, 5) is 134. The van der Waals surface area contributed by atoms with E-state index in [0.29, 0.717) is 70.0 Å². The molecule has 3 aliphatic heterocycles. The van der Waals surface area contributed by atoms with Crippen molar-refractivity contribution >= 4 is 65.1 Å². The van der Waals surface area contributed by atoms with E-state index in [9.17, 15) is 53.4 Å². The number of amides is 8. The van der Waals surface area contributed by atoms with Crippen LogP contribution in [0.5, 0.6) is 0 Å². The lowest BCUT2D eigenvalue weighted by Gasteiger charge is -2.32. The van der Waals surface area contributed by atoms with Crippen LogP contribution in [0.2, 0.25) is 0 Å². The molecule has 3 aliphatic rings. The number of aliphatic carboxylic acids is 1. The quantitative estimate of drug-likeness (QED) is 0.0226. The van der Waals surface area contributed by atoms with Gasteiger partial charge in [-0.05, 0) is 75.7 Å². The Labute approximate surface area is 424 Å². The number of aliphatic imine (C=N–C) groups is 2. The molecule has 0 bridgehead atoms. The number of aliphatic hydroxyl groups is 1. The standard InChI is InChI=1S/C47H75N15O11/c1-3-27(2)37(41(68)57-30(45(72)73)15-8-20-54-47(51)52)59-40(67)34-17-10-21-60(34)43(70)32(26-63)58-38(65)31(24-28-12-5-4-6-13-28)56-36(64)25-55-39(66)33-16-9-22-61(33)44(71)35-18-11-23-62(35)42(69)29(48)14-7-19-53-46(49)50/h4-6,12-13,27,29-35,37,63H,3,7-11,14-26,48H2,1-2H3,(H,55,66)(H,56,64)(H,57,68)(H,58,65)(H,59,67)(H,72,73)(H4,49,50,53)(H4,51,52,54)/t27-,29-,30-,31-,32-,33-,34-,35-,37-/m0/s1. The zero-order valence-electron chi connectivity index (χ0n) is 41.7.